The van der Waals surface area contributed by atoms with E-state index in [4.69, 9.17) is 21.8 Å². The number of hydrogen-bond donors (Lipinski definition) is 3. The van der Waals surface area contributed by atoms with Gasteiger partial charge in [0.1, 0.15) is 28.5 Å². The number of aryl methyl sites for hydroxylation is 2. The van der Waals surface area contributed by atoms with E-state index in [-0.39, 0.29) is 16.6 Å². The molecular weight excluding hydrogens is 675 g/mol. The summed E-state index contributed by atoms with van der Waals surface area (Å²) in [5.74, 6) is 7.09. The molecule has 0 spiro atoms. The highest BCUT2D eigenvalue weighted by Crippen LogP contribution is 2.65. The molecule has 0 amide bonds. The molecule has 0 saturated heterocycles. The lowest BCUT2D eigenvalue weighted by atomic mass is 9.53. The predicted molar refractivity (Wildman–Crippen MR) is 196 cm³/mol. The van der Waals surface area contributed by atoms with Crippen molar-refractivity contribution in [3.05, 3.63) is 58.7 Å². The van der Waals surface area contributed by atoms with Gasteiger partial charge in [0.25, 0.3) is 0 Å². The van der Waals surface area contributed by atoms with E-state index < -0.39 is 39.1 Å². The van der Waals surface area contributed by atoms with Crippen LogP contribution in [0.25, 0.3) is 0 Å². The summed E-state index contributed by atoms with van der Waals surface area (Å²) in [5, 5.41) is 22.5. The number of fused-ring (bicyclic) bond motifs is 10. The highest BCUT2D eigenvalue weighted by Gasteiger charge is 2.62. The van der Waals surface area contributed by atoms with E-state index in [1.807, 2.05) is 24.3 Å². The number of carbonyl (C=O) groups excluding carboxylic acids is 1. The minimum Gasteiger partial charge on any atom is -0.422 e. The van der Waals surface area contributed by atoms with E-state index in [0.717, 1.165) is 75.3 Å². The summed E-state index contributed by atoms with van der Waals surface area (Å²) in [5.41, 5.74) is 5.93. The Labute approximate surface area is 308 Å². The van der Waals surface area contributed by atoms with Gasteiger partial charge in [0.05, 0.1) is 0 Å². The molecule has 9 heteroatoms. The van der Waals surface area contributed by atoms with Crippen LogP contribution in [0, 0.1) is 59.2 Å². The number of rotatable bonds is 6. The van der Waals surface area contributed by atoms with Gasteiger partial charge in [0.2, 0.25) is 6.04 Å². The summed E-state index contributed by atoms with van der Waals surface area (Å²) in [6.45, 7) is 4.33. The molecule has 6 aliphatic carbocycles. The lowest BCUT2D eigenvalue weighted by Gasteiger charge is -2.52. The third-order valence-corrected chi connectivity index (χ3v) is 16.6. The third kappa shape index (κ3) is 5.36. The summed E-state index contributed by atoms with van der Waals surface area (Å²) in [6.07, 6.45) is 22.0. The van der Waals surface area contributed by atoms with Gasteiger partial charge in [0, 0.05) is 10.8 Å². The van der Waals surface area contributed by atoms with E-state index in [0.29, 0.717) is 54.1 Å². The summed E-state index contributed by atoms with van der Waals surface area (Å²) >= 11 is 0. The first kappa shape index (κ1) is 35.7. The van der Waals surface area contributed by atoms with Crippen LogP contribution in [0.5, 0.6) is 11.5 Å². The van der Waals surface area contributed by atoms with Gasteiger partial charge in [-0.05, 0) is 159 Å². The van der Waals surface area contributed by atoms with Gasteiger partial charge in [-0.1, -0.05) is 37.8 Å². The van der Waals surface area contributed by atoms with Crippen LogP contribution >= 0.6 is 0 Å². The summed E-state index contributed by atoms with van der Waals surface area (Å²) in [6, 6.07) is 10.1. The van der Waals surface area contributed by atoms with Crippen LogP contribution in [0.2, 0.25) is 0 Å². The molecule has 0 radical (unpaired) electrons. The quantitative estimate of drug-likeness (QED) is 0.164. The van der Waals surface area contributed by atoms with Crippen molar-refractivity contribution in [3.63, 3.8) is 0 Å². The van der Waals surface area contributed by atoms with Crippen LogP contribution in [0.1, 0.15) is 112 Å². The number of aliphatic hydroxyl groups is 2. The molecule has 0 bridgehead atoms. The summed E-state index contributed by atoms with van der Waals surface area (Å²) in [4.78, 5) is 13.1. The van der Waals surface area contributed by atoms with Gasteiger partial charge in [0.15, 0.2) is 0 Å². The molecule has 52 heavy (non-hydrogen) atoms. The van der Waals surface area contributed by atoms with Crippen LogP contribution in [-0.2, 0) is 27.8 Å². The fourth-order valence-electron chi connectivity index (χ4n) is 12.4. The number of hydrogen-bond acceptors (Lipinski definition) is 7. The van der Waals surface area contributed by atoms with E-state index in [2.05, 4.69) is 31.4 Å². The molecule has 8 rings (SSSR count). The van der Waals surface area contributed by atoms with Crippen molar-refractivity contribution in [3.8, 4) is 36.2 Å². The number of benzene rings is 2. The van der Waals surface area contributed by atoms with Gasteiger partial charge in [-0.15, -0.1) is 12.8 Å². The largest absolute Gasteiger partial charge is 0.422 e. The SMILES string of the molecule is C#C[C@]1(O)CCC2C3CCc4cc(OC(=O)C([NH3+])CS(=O)(=O)Oc5ccc6c(c5)CCC5C6CC[C@@]6(C)C5CC[C@@]6(O)C#C)ccc4C3CC[C@@]21C. The predicted octanol–water partition coefficient (Wildman–Crippen LogP) is 5.05. The summed E-state index contributed by atoms with van der Waals surface area (Å²) < 4.78 is 37.5. The van der Waals surface area contributed by atoms with Crippen LogP contribution in [0.4, 0.5) is 0 Å². The van der Waals surface area contributed by atoms with Crippen molar-refractivity contribution >= 4 is 16.1 Å². The highest BCUT2D eigenvalue weighted by atomic mass is 32.2. The molecule has 11 atom stereocenters. The molecule has 2 aromatic rings. The van der Waals surface area contributed by atoms with Gasteiger partial charge in [-0.3, -0.25) is 0 Å². The maximum absolute atomic E-state index is 13.2. The van der Waals surface area contributed by atoms with E-state index in [1.54, 1.807) is 12.1 Å². The van der Waals surface area contributed by atoms with Crippen molar-refractivity contribution in [1.82, 2.24) is 0 Å². The molecule has 0 aliphatic heterocycles. The number of esters is 1. The highest BCUT2D eigenvalue weighted by molar-refractivity contribution is 7.87. The Morgan fingerprint density at radius 2 is 1.29 bits per heavy atom. The van der Waals surface area contributed by atoms with Crippen LogP contribution in [0.15, 0.2) is 36.4 Å². The molecule has 8 nitrogen and oxygen atoms in total. The molecule has 2 aromatic carbocycles. The van der Waals surface area contributed by atoms with Gasteiger partial charge in [-0.2, -0.15) is 8.42 Å². The smallest absolute Gasteiger partial charge is 0.371 e. The summed E-state index contributed by atoms with van der Waals surface area (Å²) in [7, 11) is -4.15. The Morgan fingerprint density at radius 1 is 0.808 bits per heavy atom. The molecule has 4 fully saturated rings. The molecule has 0 aromatic heterocycles. The number of ether oxygens (including phenoxy) is 1. The fourth-order valence-corrected chi connectivity index (χ4v) is 13.5. The lowest BCUT2D eigenvalue weighted by Crippen LogP contribution is -2.68. The van der Waals surface area contributed by atoms with E-state index >= 15 is 0 Å². The second-order valence-corrected chi connectivity index (χ2v) is 19.1. The molecular formula is C43H52NO7S+. The average molecular weight is 727 g/mol. The number of terminal acetylenes is 2. The topological polar surface area (TPSA) is 138 Å². The third-order valence-electron chi connectivity index (χ3n) is 15.4. The fraction of sp³-hybridized carbons (Fsp3) is 0.605. The van der Waals surface area contributed by atoms with Crippen LogP contribution < -0.4 is 14.7 Å². The van der Waals surface area contributed by atoms with Crippen LogP contribution in [-0.4, -0.2) is 47.6 Å². The Morgan fingerprint density at radius 3 is 1.79 bits per heavy atom. The van der Waals surface area contributed by atoms with Crippen molar-refractivity contribution in [2.75, 3.05) is 5.75 Å². The molecule has 4 saturated carbocycles. The molecule has 0 heterocycles. The van der Waals surface area contributed by atoms with E-state index in [9.17, 15) is 23.4 Å². The van der Waals surface area contributed by atoms with Crippen LogP contribution in [0.3, 0.4) is 0 Å². The van der Waals surface area contributed by atoms with Crippen molar-refractivity contribution in [2.24, 2.45) is 34.5 Å². The van der Waals surface area contributed by atoms with Gasteiger partial charge < -0.3 is 24.9 Å². The average Bonchev–Trinajstić information content (AvgIpc) is 3.56. The minimum absolute atomic E-state index is 0.235. The zero-order chi connectivity index (χ0) is 36.8. The van der Waals surface area contributed by atoms with Crippen molar-refractivity contribution in [2.45, 2.75) is 120 Å². The first-order valence-electron chi connectivity index (χ1n) is 19.3. The Kier molecular flexibility index (Phi) is 8.47. The molecule has 6 aliphatic rings. The first-order chi connectivity index (χ1) is 24.6. The van der Waals surface area contributed by atoms with Gasteiger partial charge in [-0.25, -0.2) is 4.79 Å². The van der Waals surface area contributed by atoms with Crippen molar-refractivity contribution in [1.29, 1.82) is 0 Å². The molecule has 276 valence electrons. The van der Waals surface area contributed by atoms with Gasteiger partial charge >= 0.3 is 16.1 Å². The second-order valence-electron chi connectivity index (χ2n) is 17.5. The normalized spacial score (nSPS) is 39.2. The maximum atomic E-state index is 13.2. The maximum Gasteiger partial charge on any atom is 0.371 e. The second kappa shape index (κ2) is 12.4. The Hall–Kier alpha value is -3.34. The molecule has 7 unspecified atom stereocenters. The Bertz CT molecular complexity index is 2000. The Balaban J connectivity index is 0.890. The monoisotopic (exact) mass is 726 g/mol. The van der Waals surface area contributed by atoms with E-state index in [1.165, 1.54) is 11.1 Å². The van der Waals surface area contributed by atoms with Crippen molar-refractivity contribution < 1.29 is 38.1 Å². The minimum atomic E-state index is -4.15. The first-order valence-corrected chi connectivity index (χ1v) is 20.8. The number of carbonyl (C=O) groups is 1. The zero-order valence-corrected chi connectivity index (χ0v) is 31.2. The standard InChI is InChI=1S/C43H51NO7S/c1-5-42(46)21-17-36-34-11-7-26-23-28(9-13-30(26)32(34)15-19-40(36,42)3)50-39(45)38(44)25-52(48,49)51-29-10-14-31-27(24-29)8-12-35-33(31)16-20-41(4)37(35)18-22-43(41,47)6-2/h1-2,9-10,13-14,23-24,32-38,46-47H,7-8,11-12,15-22,25,44H2,3-4H3/p+1/t32?,33?,34?,35?,36?,37?,38?,40-,41-,42-,43-/m0/s1. The zero-order valence-electron chi connectivity index (χ0n) is 30.4. The molecule has 5 N–H and O–H groups in total. The lowest BCUT2D eigenvalue weighted by molar-refractivity contribution is -0.400. The number of quaternary nitrogens is 1.